The maximum absolute atomic E-state index is 12.3. The highest BCUT2D eigenvalue weighted by atomic mass is 32.1. The van der Waals surface area contributed by atoms with Crippen molar-refractivity contribution < 1.29 is 9.90 Å². The molecule has 1 aromatic heterocycles. The molecule has 0 radical (unpaired) electrons. The van der Waals surface area contributed by atoms with Gasteiger partial charge in [-0.3, -0.25) is 9.69 Å². The van der Waals surface area contributed by atoms with Crippen molar-refractivity contribution in [3.05, 3.63) is 11.1 Å². The van der Waals surface area contributed by atoms with E-state index < -0.39 is 0 Å². The molecule has 1 unspecified atom stereocenters. The lowest BCUT2D eigenvalue weighted by molar-refractivity contribution is 0.0935. The van der Waals surface area contributed by atoms with Gasteiger partial charge in [0.1, 0.15) is 5.69 Å². The third kappa shape index (κ3) is 4.68. The lowest BCUT2D eigenvalue weighted by atomic mass is 10.2. The first-order chi connectivity index (χ1) is 11.4. The molecule has 1 saturated heterocycles. The maximum Gasteiger partial charge on any atom is 0.270 e. The Morgan fingerprint density at radius 3 is 2.79 bits per heavy atom. The number of carbonyl (C=O) groups excluding carboxylic acids is 1. The zero-order valence-corrected chi connectivity index (χ0v) is 16.0. The number of thiazole rings is 1. The molecule has 1 aromatic rings. The van der Waals surface area contributed by atoms with E-state index in [4.69, 9.17) is 0 Å². The normalized spacial score (nSPS) is 18.2. The Bertz CT molecular complexity index is 524. The minimum Gasteiger partial charge on any atom is -0.394 e. The molecule has 1 atom stereocenters. The summed E-state index contributed by atoms with van der Waals surface area (Å²) in [6.07, 6.45) is 2.05. The van der Waals surface area contributed by atoms with Crippen LogP contribution in [-0.2, 0) is 0 Å². The van der Waals surface area contributed by atoms with Crippen LogP contribution < -0.4 is 10.2 Å². The summed E-state index contributed by atoms with van der Waals surface area (Å²) in [6.45, 7) is 11.2. The minimum atomic E-state index is -0.121. The molecular formula is C17H30N4O2S. The number of hydrogen-bond donors (Lipinski definition) is 2. The number of nitrogens with one attached hydrogen (secondary N) is 1. The molecule has 1 aliphatic rings. The molecule has 24 heavy (non-hydrogen) atoms. The third-order valence-corrected chi connectivity index (χ3v) is 5.42. The maximum atomic E-state index is 12.3. The summed E-state index contributed by atoms with van der Waals surface area (Å²) in [5.74, 6) is -0.121. The molecule has 2 rings (SSSR count). The van der Waals surface area contributed by atoms with E-state index in [0.717, 1.165) is 31.1 Å². The molecule has 1 aliphatic heterocycles. The molecular weight excluding hydrogens is 324 g/mol. The Hall–Kier alpha value is -1.18. The molecule has 0 aromatic carbocycles. The van der Waals surface area contributed by atoms with Gasteiger partial charge in [-0.15, -0.1) is 11.3 Å². The Balaban J connectivity index is 1.87. The number of aliphatic hydroxyl groups excluding tert-OH is 1. The van der Waals surface area contributed by atoms with Gasteiger partial charge in [0.2, 0.25) is 0 Å². The highest BCUT2D eigenvalue weighted by Crippen LogP contribution is 2.28. The molecule has 0 aliphatic carbocycles. The Kier molecular flexibility index (Phi) is 7.01. The molecule has 2 N–H and O–H groups in total. The lowest BCUT2D eigenvalue weighted by Crippen LogP contribution is -2.42. The van der Waals surface area contributed by atoms with Gasteiger partial charge in [-0.05, 0) is 40.5 Å². The minimum absolute atomic E-state index is 0.121. The molecule has 0 spiro atoms. The van der Waals surface area contributed by atoms with Gasteiger partial charge in [-0.25, -0.2) is 4.98 Å². The fourth-order valence-corrected chi connectivity index (χ4v) is 4.18. The summed E-state index contributed by atoms with van der Waals surface area (Å²) >= 11 is 1.48. The van der Waals surface area contributed by atoms with Gasteiger partial charge < -0.3 is 15.3 Å². The van der Waals surface area contributed by atoms with Crippen LogP contribution in [0.4, 0.5) is 5.13 Å². The number of nitrogens with zero attached hydrogens (tertiary/aromatic N) is 3. The molecule has 2 heterocycles. The number of rotatable bonds is 8. The van der Waals surface area contributed by atoms with Gasteiger partial charge in [0, 0.05) is 37.1 Å². The van der Waals surface area contributed by atoms with E-state index in [-0.39, 0.29) is 18.6 Å². The fourth-order valence-electron chi connectivity index (χ4n) is 3.28. The van der Waals surface area contributed by atoms with Crippen LogP contribution in [0, 0.1) is 0 Å². The quantitative estimate of drug-likeness (QED) is 0.747. The molecule has 7 heteroatoms. The van der Waals surface area contributed by atoms with Crippen LogP contribution >= 0.6 is 11.3 Å². The van der Waals surface area contributed by atoms with Crippen LogP contribution in [0.5, 0.6) is 0 Å². The van der Waals surface area contributed by atoms with Crippen LogP contribution in [-0.4, -0.2) is 65.3 Å². The summed E-state index contributed by atoms with van der Waals surface area (Å²) in [4.78, 5) is 21.2. The Morgan fingerprint density at radius 2 is 2.17 bits per heavy atom. The monoisotopic (exact) mass is 354 g/mol. The number of aliphatic hydroxyl groups is 1. The highest BCUT2D eigenvalue weighted by molar-refractivity contribution is 7.14. The summed E-state index contributed by atoms with van der Waals surface area (Å²) in [6, 6.07) is 1.05. The van der Waals surface area contributed by atoms with Gasteiger partial charge >= 0.3 is 0 Å². The van der Waals surface area contributed by atoms with Crippen LogP contribution in [0.1, 0.15) is 51.0 Å². The smallest absolute Gasteiger partial charge is 0.270 e. The predicted octanol–water partition coefficient (Wildman–Crippen LogP) is 1.95. The topological polar surface area (TPSA) is 68.7 Å². The van der Waals surface area contributed by atoms with E-state index in [0.29, 0.717) is 24.3 Å². The van der Waals surface area contributed by atoms with Crippen molar-refractivity contribution in [3.8, 4) is 0 Å². The van der Waals surface area contributed by atoms with Gasteiger partial charge in [-0.2, -0.15) is 0 Å². The zero-order valence-electron chi connectivity index (χ0n) is 15.2. The molecule has 1 amide bonds. The number of anilines is 1. The molecule has 0 bridgehead atoms. The van der Waals surface area contributed by atoms with Crippen molar-refractivity contribution in [1.29, 1.82) is 0 Å². The second kappa shape index (κ2) is 8.78. The summed E-state index contributed by atoms with van der Waals surface area (Å²) < 4.78 is 0. The Labute approximate surface area is 148 Å². The highest BCUT2D eigenvalue weighted by Gasteiger charge is 2.26. The third-order valence-electron chi connectivity index (χ3n) is 4.54. The summed E-state index contributed by atoms with van der Waals surface area (Å²) in [5.41, 5.74) is 0.472. The number of hydrogen-bond acceptors (Lipinski definition) is 6. The average molecular weight is 355 g/mol. The fraction of sp³-hybridized carbons (Fsp3) is 0.765. The number of amides is 1. The zero-order chi connectivity index (χ0) is 17.7. The number of carbonyl (C=O) groups is 1. The van der Waals surface area contributed by atoms with Crippen LogP contribution in [0.15, 0.2) is 5.38 Å². The predicted molar refractivity (Wildman–Crippen MR) is 98.9 cm³/mol. The summed E-state index contributed by atoms with van der Waals surface area (Å²) in [7, 11) is 0. The number of aromatic nitrogens is 1. The SMILES string of the molecule is CC(C)N(CCNC(=O)c1csc(N2CCCC2CO)n1)C(C)C. The molecule has 136 valence electrons. The van der Waals surface area contributed by atoms with Crippen molar-refractivity contribution >= 4 is 22.4 Å². The average Bonchev–Trinajstić information content (AvgIpc) is 3.18. The largest absolute Gasteiger partial charge is 0.394 e. The van der Waals surface area contributed by atoms with E-state index in [2.05, 4.69) is 47.8 Å². The second-order valence-electron chi connectivity index (χ2n) is 6.87. The molecule has 0 saturated carbocycles. The van der Waals surface area contributed by atoms with Crippen LogP contribution in [0.3, 0.4) is 0 Å². The second-order valence-corrected chi connectivity index (χ2v) is 7.71. The Morgan fingerprint density at radius 1 is 1.46 bits per heavy atom. The van der Waals surface area contributed by atoms with Gasteiger partial charge in [0.05, 0.1) is 12.6 Å². The van der Waals surface area contributed by atoms with E-state index in [9.17, 15) is 9.90 Å². The standard InChI is InChI=1S/C17H30N4O2S/c1-12(2)20(13(3)4)9-7-18-16(23)15-11-24-17(19-15)21-8-5-6-14(21)10-22/h11-14,22H,5-10H2,1-4H3,(H,18,23). The van der Waals surface area contributed by atoms with Crippen molar-refractivity contribution in [1.82, 2.24) is 15.2 Å². The van der Waals surface area contributed by atoms with E-state index >= 15 is 0 Å². The van der Waals surface area contributed by atoms with Crippen molar-refractivity contribution in [2.45, 2.75) is 58.7 Å². The first kappa shape index (κ1) is 19.1. The van der Waals surface area contributed by atoms with Gasteiger partial charge in [-0.1, -0.05) is 0 Å². The van der Waals surface area contributed by atoms with Crippen molar-refractivity contribution in [2.24, 2.45) is 0 Å². The van der Waals surface area contributed by atoms with E-state index in [1.807, 2.05) is 0 Å². The molecule has 1 fully saturated rings. The van der Waals surface area contributed by atoms with Crippen molar-refractivity contribution in [2.75, 3.05) is 31.1 Å². The summed E-state index contributed by atoms with van der Waals surface area (Å²) in [5, 5.41) is 15.0. The van der Waals surface area contributed by atoms with Gasteiger partial charge in [0.25, 0.3) is 5.91 Å². The first-order valence-electron chi connectivity index (χ1n) is 8.81. The van der Waals surface area contributed by atoms with Crippen LogP contribution in [0.2, 0.25) is 0 Å². The van der Waals surface area contributed by atoms with E-state index in [1.54, 1.807) is 5.38 Å². The van der Waals surface area contributed by atoms with Gasteiger partial charge in [0.15, 0.2) is 5.13 Å². The first-order valence-corrected chi connectivity index (χ1v) is 9.69. The lowest BCUT2D eigenvalue weighted by Gasteiger charge is -2.30. The van der Waals surface area contributed by atoms with Crippen LogP contribution in [0.25, 0.3) is 0 Å². The van der Waals surface area contributed by atoms with E-state index in [1.165, 1.54) is 11.3 Å². The van der Waals surface area contributed by atoms with Crippen molar-refractivity contribution in [3.63, 3.8) is 0 Å². The molecule has 6 nitrogen and oxygen atoms in total.